The van der Waals surface area contributed by atoms with Crippen LogP contribution in [0.4, 0.5) is 11.8 Å². The molecule has 0 unspecified atom stereocenters. The minimum Gasteiger partial charge on any atom is -0.354 e. The lowest BCUT2D eigenvalue weighted by Crippen LogP contribution is -2.10. The van der Waals surface area contributed by atoms with Crippen LogP contribution in [0.25, 0.3) is 22.2 Å². The van der Waals surface area contributed by atoms with E-state index in [0.29, 0.717) is 11.9 Å². The number of hydrogen-bond donors (Lipinski definition) is 2. The fourth-order valence-corrected chi connectivity index (χ4v) is 2.57. The molecule has 0 aromatic carbocycles. The highest BCUT2D eigenvalue weighted by atomic mass is 15.1. The van der Waals surface area contributed by atoms with Crippen molar-refractivity contribution < 1.29 is 0 Å². The van der Waals surface area contributed by atoms with Crippen LogP contribution < -0.4 is 5.32 Å². The van der Waals surface area contributed by atoms with Gasteiger partial charge in [0.05, 0.1) is 0 Å². The van der Waals surface area contributed by atoms with E-state index in [4.69, 9.17) is 0 Å². The molecule has 0 saturated heterocycles. The van der Waals surface area contributed by atoms with Crippen molar-refractivity contribution in [2.24, 2.45) is 16.8 Å². The van der Waals surface area contributed by atoms with E-state index in [9.17, 15) is 0 Å². The van der Waals surface area contributed by atoms with Crippen LogP contribution in [0.15, 0.2) is 29.6 Å². The van der Waals surface area contributed by atoms with Gasteiger partial charge in [0.2, 0.25) is 5.95 Å². The third kappa shape index (κ3) is 6.66. The van der Waals surface area contributed by atoms with E-state index in [1.807, 2.05) is 39.4 Å². The Morgan fingerprint density at radius 2 is 1.79 bits per heavy atom. The Labute approximate surface area is 174 Å². The molecule has 0 saturated carbocycles. The van der Waals surface area contributed by atoms with Gasteiger partial charge in [0.1, 0.15) is 5.65 Å². The molecule has 6 nitrogen and oxygen atoms in total. The first-order chi connectivity index (χ1) is 13.7. The number of pyridine rings is 1. The molecule has 3 aromatic heterocycles. The summed E-state index contributed by atoms with van der Waals surface area (Å²) in [6.07, 6.45) is 5.66. The number of aromatic amines is 1. The Bertz CT molecular complexity index is 962. The van der Waals surface area contributed by atoms with E-state index in [1.165, 1.54) is 0 Å². The molecular weight excluding hydrogens is 360 g/mol. The first-order valence-corrected chi connectivity index (χ1v) is 10.2. The molecule has 0 bridgehead atoms. The van der Waals surface area contributed by atoms with Crippen molar-refractivity contribution in [2.75, 3.05) is 11.9 Å². The standard InChI is InChI=1S/C19H24N6.C4H10/c1-11(2)7-22-19-23-10-16-15(9-21-18(16)25-19)14-6-13(5)17(20-8-14)24-12(3)4;1-4(2)3/h6,8-11H,7H2,1-5H3,(H2,21,22,23,25);4H,1-3H3. The summed E-state index contributed by atoms with van der Waals surface area (Å²) in [5.41, 5.74) is 4.93. The van der Waals surface area contributed by atoms with Crippen molar-refractivity contribution >= 4 is 28.5 Å². The number of H-pyrrole nitrogens is 1. The SMILES string of the molecule is CC(C)=Nc1ncc(-c2c[nH]c3nc(NCC(C)C)ncc23)cc1C.CC(C)C. The molecule has 0 aliphatic rings. The topological polar surface area (TPSA) is 78.8 Å². The minimum atomic E-state index is 0.542. The third-order valence-electron chi connectivity index (χ3n) is 3.79. The van der Waals surface area contributed by atoms with Crippen molar-refractivity contribution in [3.63, 3.8) is 0 Å². The fourth-order valence-electron chi connectivity index (χ4n) is 2.57. The molecule has 0 atom stereocenters. The zero-order valence-electron chi connectivity index (χ0n) is 19.0. The van der Waals surface area contributed by atoms with Crippen LogP contribution in [0.5, 0.6) is 0 Å². The zero-order chi connectivity index (χ0) is 21.6. The number of aliphatic imine (C=N–C) groups is 1. The van der Waals surface area contributed by atoms with Crippen LogP contribution in [0.2, 0.25) is 0 Å². The van der Waals surface area contributed by atoms with E-state index in [1.54, 1.807) is 0 Å². The Morgan fingerprint density at radius 1 is 1.10 bits per heavy atom. The van der Waals surface area contributed by atoms with E-state index >= 15 is 0 Å². The molecule has 29 heavy (non-hydrogen) atoms. The zero-order valence-corrected chi connectivity index (χ0v) is 19.0. The molecule has 3 heterocycles. The number of aromatic nitrogens is 4. The molecule has 2 N–H and O–H groups in total. The number of rotatable bonds is 5. The van der Waals surface area contributed by atoms with Crippen molar-refractivity contribution in [1.29, 1.82) is 0 Å². The highest BCUT2D eigenvalue weighted by molar-refractivity contribution is 5.93. The summed E-state index contributed by atoms with van der Waals surface area (Å²) in [7, 11) is 0. The molecule has 0 radical (unpaired) electrons. The minimum absolute atomic E-state index is 0.542. The first kappa shape index (κ1) is 22.5. The van der Waals surface area contributed by atoms with Crippen molar-refractivity contribution in [3.05, 3.63) is 30.2 Å². The Morgan fingerprint density at radius 3 is 2.38 bits per heavy atom. The molecule has 3 rings (SSSR count). The van der Waals surface area contributed by atoms with E-state index < -0.39 is 0 Å². The molecule has 0 amide bonds. The van der Waals surface area contributed by atoms with Crippen LogP contribution in [0, 0.1) is 18.8 Å². The van der Waals surface area contributed by atoms with Gasteiger partial charge in [-0.15, -0.1) is 0 Å². The lowest BCUT2D eigenvalue weighted by atomic mass is 10.1. The average Bonchev–Trinajstić information content (AvgIpc) is 3.04. The predicted molar refractivity (Wildman–Crippen MR) is 124 cm³/mol. The molecular formula is C23H34N6. The van der Waals surface area contributed by atoms with E-state index in [2.05, 4.69) is 70.9 Å². The van der Waals surface area contributed by atoms with Crippen molar-refractivity contribution in [2.45, 2.75) is 55.4 Å². The maximum Gasteiger partial charge on any atom is 0.224 e. The van der Waals surface area contributed by atoms with Crippen LogP contribution in [0.1, 0.15) is 54.0 Å². The van der Waals surface area contributed by atoms with Crippen LogP contribution >= 0.6 is 0 Å². The third-order valence-corrected chi connectivity index (χ3v) is 3.79. The number of nitrogens with one attached hydrogen (secondary N) is 2. The van der Waals surface area contributed by atoms with Gasteiger partial charge < -0.3 is 10.3 Å². The monoisotopic (exact) mass is 394 g/mol. The number of aryl methyl sites for hydroxylation is 1. The van der Waals surface area contributed by atoms with Crippen LogP contribution in [-0.4, -0.2) is 32.2 Å². The summed E-state index contributed by atoms with van der Waals surface area (Å²) in [5, 5.41) is 4.24. The molecule has 0 spiro atoms. The van der Waals surface area contributed by atoms with Gasteiger partial charge in [-0.05, 0) is 44.2 Å². The summed E-state index contributed by atoms with van der Waals surface area (Å²) >= 11 is 0. The van der Waals surface area contributed by atoms with Gasteiger partial charge in [0.15, 0.2) is 5.82 Å². The van der Waals surface area contributed by atoms with Gasteiger partial charge in [-0.1, -0.05) is 34.6 Å². The summed E-state index contributed by atoms with van der Waals surface area (Å²) in [6.45, 7) is 17.6. The summed E-state index contributed by atoms with van der Waals surface area (Å²) in [6, 6.07) is 2.10. The maximum absolute atomic E-state index is 4.55. The van der Waals surface area contributed by atoms with Crippen LogP contribution in [0.3, 0.4) is 0 Å². The second-order valence-corrected chi connectivity index (χ2v) is 8.59. The fraction of sp³-hybridized carbons (Fsp3) is 0.478. The van der Waals surface area contributed by atoms with Gasteiger partial charge in [-0.25, -0.2) is 15.0 Å². The Balaban J connectivity index is 0.000000687. The first-order valence-electron chi connectivity index (χ1n) is 10.2. The lowest BCUT2D eigenvalue weighted by molar-refractivity contribution is 0.685. The maximum atomic E-state index is 4.55. The Hall–Kier alpha value is -2.76. The summed E-state index contributed by atoms with van der Waals surface area (Å²) in [4.78, 5) is 21.2. The van der Waals surface area contributed by atoms with Gasteiger partial charge in [0, 0.05) is 47.4 Å². The van der Waals surface area contributed by atoms with Gasteiger partial charge >= 0.3 is 0 Å². The van der Waals surface area contributed by atoms with Gasteiger partial charge in [-0.3, -0.25) is 0 Å². The normalized spacial score (nSPS) is 10.8. The van der Waals surface area contributed by atoms with Gasteiger partial charge in [0.25, 0.3) is 0 Å². The predicted octanol–water partition coefficient (Wildman–Crippen LogP) is 6.17. The molecule has 156 valence electrons. The van der Waals surface area contributed by atoms with Crippen molar-refractivity contribution in [3.8, 4) is 11.1 Å². The molecule has 3 aromatic rings. The molecule has 0 aliphatic carbocycles. The summed E-state index contributed by atoms with van der Waals surface area (Å²) in [5.74, 6) is 2.78. The highest BCUT2D eigenvalue weighted by Crippen LogP contribution is 2.30. The quantitative estimate of drug-likeness (QED) is 0.507. The number of fused-ring (bicyclic) bond motifs is 1. The second-order valence-electron chi connectivity index (χ2n) is 8.59. The van der Waals surface area contributed by atoms with Gasteiger partial charge in [-0.2, -0.15) is 4.98 Å². The number of anilines is 1. The molecule has 6 heteroatoms. The highest BCUT2D eigenvalue weighted by Gasteiger charge is 2.11. The number of hydrogen-bond acceptors (Lipinski definition) is 5. The van der Waals surface area contributed by atoms with E-state index in [-0.39, 0.29) is 0 Å². The number of nitrogens with zero attached hydrogens (tertiary/aromatic N) is 4. The average molecular weight is 395 g/mol. The van der Waals surface area contributed by atoms with Crippen LogP contribution in [-0.2, 0) is 0 Å². The lowest BCUT2D eigenvalue weighted by Gasteiger charge is -2.07. The molecule has 0 fully saturated rings. The summed E-state index contributed by atoms with van der Waals surface area (Å²) < 4.78 is 0. The molecule has 0 aliphatic heterocycles. The second kappa shape index (κ2) is 10.1. The largest absolute Gasteiger partial charge is 0.354 e. The Kier molecular flexibility index (Phi) is 7.88. The van der Waals surface area contributed by atoms with Crippen molar-refractivity contribution in [1.82, 2.24) is 19.9 Å². The van der Waals surface area contributed by atoms with E-state index in [0.717, 1.165) is 51.7 Å². The smallest absolute Gasteiger partial charge is 0.224 e.